The average molecular weight is 277 g/mol. The van der Waals surface area contributed by atoms with E-state index in [2.05, 4.69) is 27.4 Å². The Kier molecular flexibility index (Phi) is 3.67. The van der Waals surface area contributed by atoms with Gasteiger partial charge in [-0.15, -0.1) is 6.58 Å². The van der Waals surface area contributed by atoms with Crippen LogP contribution < -0.4 is 5.56 Å². The van der Waals surface area contributed by atoms with Crippen molar-refractivity contribution in [3.63, 3.8) is 0 Å². The molecule has 0 aromatic carbocycles. The van der Waals surface area contributed by atoms with Crippen molar-refractivity contribution >= 4 is 0 Å². The van der Waals surface area contributed by atoms with Crippen molar-refractivity contribution in [3.05, 3.63) is 40.8 Å². The number of aromatic nitrogens is 1. The van der Waals surface area contributed by atoms with Gasteiger partial charge in [0.1, 0.15) is 5.75 Å². The molecule has 0 unspecified atom stereocenters. The first kappa shape index (κ1) is 14.7. The topological polar surface area (TPSA) is 62.5 Å². The van der Waals surface area contributed by atoms with Crippen LogP contribution in [0.5, 0.6) is 5.75 Å². The molecule has 110 valence electrons. The van der Waals surface area contributed by atoms with Crippen molar-refractivity contribution in [3.8, 4) is 5.75 Å². The van der Waals surface area contributed by atoms with Gasteiger partial charge in [0.25, 0.3) is 5.56 Å². The van der Waals surface area contributed by atoms with Crippen LogP contribution in [0, 0.1) is 17.3 Å². The third-order valence-corrected chi connectivity index (χ3v) is 4.71. The van der Waals surface area contributed by atoms with Gasteiger partial charge in [0.2, 0.25) is 0 Å². The summed E-state index contributed by atoms with van der Waals surface area (Å²) < 4.78 is 0.545. The summed E-state index contributed by atoms with van der Waals surface area (Å²) in [6.07, 6.45) is 4.97. The van der Waals surface area contributed by atoms with Gasteiger partial charge >= 0.3 is 0 Å². The predicted molar refractivity (Wildman–Crippen MR) is 78.2 cm³/mol. The molecule has 0 bridgehead atoms. The SMILES string of the molecule is C=C[C@]1(C)C[C@H](C)C[C@H](C)[C@H]1c1c(O)ccn(O)c1=O. The standard InChI is InChI=1S/C16H23NO3/c1-5-16(4)9-10(2)8-11(3)14(16)13-12(18)6-7-17(20)15(13)19/h5-7,10-11,14,18,20H,1,8-9H2,2-4H3/t10-,11+,14+,16-/m1/s1. The van der Waals surface area contributed by atoms with Gasteiger partial charge in [-0.05, 0) is 30.1 Å². The summed E-state index contributed by atoms with van der Waals surface area (Å²) in [4.78, 5) is 12.2. The fourth-order valence-corrected chi connectivity index (χ4v) is 4.03. The molecule has 4 nitrogen and oxygen atoms in total. The van der Waals surface area contributed by atoms with Crippen molar-refractivity contribution in [2.24, 2.45) is 17.3 Å². The second kappa shape index (κ2) is 5.00. The third-order valence-electron chi connectivity index (χ3n) is 4.71. The second-order valence-electron chi connectivity index (χ2n) is 6.47. The quantitative estimate of drug-likeness (QED) is 0.645. The van der Waals surface area contributed by atoms with Gasteiger partial charge < -0.3 is 10.3 Å². The highest BCUT2D eigenvalue weighted by Crippen LogP contribution is 2.53. The van der Waals surface area contributed by atoms with Crippen molar-refractivity contribution in [1.29, 1.82) is 0 Å². The molecule has 0 spiro atoms. The second-order valence-corrected chi connectivity index (χ2v) is 6.47. The lowest BCUT2D eigenvalue weighted by Gasteiger charge is -2.46. The highest BCUT2D eigenvalue weighted by atomic mass is 16.5. The minimum absolute atomic E-state index is 0.0419. The van der Waals surface area contributed by atoms with Gasteiger partial charge in [0.05, 0.1) is 11.8 Å². The predicted octanol–water partition coefficient (Wildman–Crippen LogP) is 3.13. The van der Waals surface area contributed by atoms with Crippen LogP contribution in [-0.4, -0.2) is 15.0 Å². The lowest BCUT2D eigenvalue weighted by Crippen LogP contribution is -2.39. The van der Waals surface area contributed by atoms with E-state index >= 15 is 0 Å². The summed E-state index contributed by atoms with van der Waals surface area (Å²) in [5.41, 5.74) is -0.497. The number of allylic oxidation sites excluding steroid dienone is 1. The molecule has 0 aliphatic heterocycles. The Morgan fingerprint density at radius 1 is 1.50 bits per heavy atom. The average Bonchev–Trinajstić information content (AvgIpc) is 2.37. The number of hydrogen-bond acceptors (Lipinski definition) is 3. The lowest BCUT2D eigenvalue weighted by atomic mass is 9.58. The molecule has 1 aromatic rings. The molecule has 1 aromatic heterocycles. The fourth-order valence-electron chi connectivity index (χ4n) is 4.03. The molecule has 1 fully saturated rings. The normalized spacial score (nSPS) is 33.9. The van der Waals surface area contributed by atoms with Crippen molar-refractivity contribution in [1.82, 2.24) is 4.73 Å². The van der Waals surface area contributed by atoms with Crippen LogP contribution in [0.3, 0.4) is 0 Å². The first-order valence-electron chi connectivity index (χ1n) is 7.07. The summed E-state index contributed by atoms with van der Waals surface area (Å²) in [6.45, 7) is 10.3. The van der Waals surface area contributed by atoms with E-state index in [4.69, 9.17) is 0 Å². The Morgan fingerprint density at radius 3 is 2.75 bits per heavy atom. The number of nitrogens with zero attached hydrogens (tertiary/aromatic N) is 1. The summed E-state index contributed by atoms with van der Waals surface area (Å²) in [6, 6.07) is 1.37. The maximum Gasteiger partial charge on any atom is 0.290 e. The van der Waals surface area contributed by atoms with E-state index < -0.39 is 5.56 Å². The van der Waals surface area contributed by atoms with Gasteiger partial charge in [-0.25, -0.2) is 0 Å². The molecule has 1 aliphatic carbocycles. The molecule has 0 saturated heterocycles. The van der Waals surface area contributed by atoms with Gasteiger partial charge in [0, 0.05) is 12.0 Å². The zero-order valence-corrected chi connectivity index (χ0v) is 12.3. The molecular formula is C16H23NO3. The molecule has 1 heterocycles. The van der Waals surface area contributed by atoms with Crippen LogP contribution >= 0.6 is 0 Å². The van der Waals surface area contributed by atoms with Crippen molar-refractivity contribution in [2.45, 2.75) is 39.5 Å². The van der Waals surface area contributed by atoms with Crippen molar-refractivity contribution < 1.29 is 10.3 Å². The Labute approximate surface area is 119 Å². The van der Waals surface area contributed by atoms with Crippen LogP contribution in [0.2, 0.25) is 0 Å². The highest BCUT2D eigenvalue weighted by molar-refractivity contribution is 5.36. The molecule has 1 aliphatic rings. The van der Waals surface area contributed by atoms with Crippen LogP contribution in [0.25, 0.3) is 0 Å². The van der Waals surface area contributed by atoms with Crippen LogP contribution in [-0.2, 0) is 0 Å². The first-order chi connectivity index (χ1) is 9.30. The zero-order valence-electron chi connectivity index (χ0n) is 12.3. The monoisotopic (exact) mass is 277 g/mol. The fraction of sp³-hybridized carbons (Fsp3) is 0.562. The van der Waals surface area contributed by atoms with E-state index in [1.165, 1.54) is 12.3 Å². The first-order valence-corrected chi connectivity index (χ1v) is 7.07. The number of pyridine rings is 1. The lowest BCUT2D eigenvalue weighted by molar-refractivity contribution is 0.121. The van der Waals surface area contributed by atoms with Crippen LogP contribution in [0.15, 0.2) is 29.7 Å². The molecule has 4 atom stereocenters. The van der Waals surface area contributed by atoms with Gasteiger partial charge in [-0.2, -0.15) is 4.73 Å². The molecule has 20 heavy (non-hydrogen) atoms. The van der Waals surface area contributed by atoms with Crippen molar-refractivity contribution in [2.75, 3.05) is 0 Å². The van der Waals surface area contributed by atoms with E-state index in [-0.39, 0.29) is 23.0 Å². The van der Waals surface area contributed by atoms with E-state index in [9.17, 15) is 15.1 Å². The molecule has 4 heteroatoms. The Hall–Kier alpha value is -1.71. The minimum atomic E-state index is -0.538. The number of hydrogen-bond donors (Lipinski definition) is 2. The summed E-state index contributed by atoms with van der Waals surface area (Å²) in [7, 11) is 0. The number of rotatable bonds is 2. The maximum atomic E-state index is 12.2. The summed E-state index contributed by atoms with van der Waals surface area (Å²) in [5, 5.41) is 19.7. The third kappa shape index (κ3) is 2.23. The van der Waals surface area contributed by atoms with Gasteiger partial charge in [-0.1, -0.05) is 26.8 Å². The molecule has 0 radical (unpaired) electrons. The Morgan fingerprint density at radius 2 is 2.15 bits per heavy atom. The van der Waals surface area contributed by atoms with Crippen LogP contribution in [0.1, 0.15) is 45.1 Å². The van der Waals surface area contributed by atoms with Crippen LogP contribution in [0.4, 0.5) is 0 Å². The highest BCUT2D eigenvalue weighted by Gasteiger charge is 2.44. The smallest absolute Gasteiger partial charge is 0.290 e. The molecule has 2 rings (SSSR count). The minimum Gasteiger partial charge on any atom is -0.507 e. The Bertz CT molecular complexity index is 578. The largest absolute Gasteiger partial charge is 0.507 e. The van der Waals surface area contributed by atoms with E-state index in [1.54, 1.807) is 0 Å². The molecule has 2 N–H and O–H groups in total. The van der Waals surface area contributed by atoms with E-state index in [1.807, 2.05) is 6.08 Å². The summed E-state index contributed by atoms with van der Waals surface area (Å²) in [5.74, 6) is 0.609. The molecular weight excluding hydrogens is 254 g/mol. The maximum absolute atomic E-state index is 12.2. The van der Waals surface area contributed by atoms with E-state index in [0.29, 0.717) is 16.2 Å². The Balaban J connectivity index is 2.63. The summed E-state index contributed by atoms with van der Waals surface area (Å²) >= 11 is 0. The van der Waals surface area contributed by atoms with Gasteiger partial charge in [-0.3, -0.25) is 4.79 Å². The number of aromatic hydroxyl groups is 1. The van der Waals surface area contributed by atoms with E-state index in [0.717, 1.165) is 12.8 Å². The van der Waals surface area contributed by atoms with Gasteiger partial charge in [0.15, 0.2) is 0 Å². The molecule has 0 amide bonds. The zero-order chi connectivity index (χ0) is 15.1. The molecule has 1 saturated carbocycles.